The van der Waals surface area contributed by atoms with Gasteiger partial charge in [0.05, 0.1) is 5.69 Å². The van der Waals surface area contributed by atoms with Gasteiger partial charge in [0.25, 0.3) is 0 Å². The molecule has 29 heavy (non-hydrogen) atoms. The molecule has 0 spiro atoms. The van der Waals surface area contributed by atoms with Gasteiger partial charge in [0, 0.05) is 30.9 Å². The van der Waals surface area contributed by atoms with Gasteiger partial charge in [-0.15, -0.1) is 0 Å². The summed E-state index contributed by atoms with van der Waals surface area (Å²) in [5.74, 6) is 0. The third-order valence-corrected chi connectivity index (χ3v) is 4.67. The largest absolute Gasteiger partial charge is 0.510 e. The van der Waals surface area contributed by atoms with Crippen molar-refractivity contribution < 1.29 is 24.5 Å². The minimum atomic E-state index is 0. The Morgan fingerprint density at radius 2 is 1.72 bits per heavy atom. The smallest absolute Gasteiger partial charge is 0.156 e. The van der Waals surface area contributed by atoms with E-state index in [9.17, 15) is 0 Å². The SMILES string of the molecule is CN1C=CN(c2cccc3c2oc2ccccc23)[CH-]1.[C-]1=CCC/C=C\CC1.[CH3-].[Ir]. The predicted octanol–water partition coefficient (Wildman–Crippen LogP) is 6.85. The molecule has 0 saturated heterocycles. The zero-order chi connectivity index (χ0) is 18.5. The first-order valence-corrected chi connectivity index (χ1v) is 9.47. The molecule has 1 aliphatic heterocycles. The average Bonchev–Trinajstić information content (AvgIpc) is 3.25. The maximum Gasteiger partial charge on any atom is 0.156 e. The number of benzene rings is 2. The van der Waals surface area contributed by atoms with Crippen LogP contribution in [0.25, 0.3) is 21.9 Å². The molecule has 4 heteroatoms. The van der Waals surface area contributed by atoms with Crippen LogP contribution in [0.1, 0.15) is 25.7 Å². The Labute approximate surface area is 187 Å². The maximum absolute atomic E-state index is 6.02. The van der Waals surface area contributed by atoms with Gasteiger partial charge in [-0.1, -0.05) is 55.3 Å². The van der Waals surface area contributed by atoms with Gasteiger partial charge in [0.2, 0.25) is 0 Å². The average molecular weight is 564 g/mol. The molecule has 1 aliphatic carbocycles. The van der Waals surface area contributed by atoms with Gasteiger partial charge in [-0.3, -0.25) is 6.08 Å². The molecule has 0 unspecified atom stereocenters. The molecule has 3 aromatic rings. The molecule has 2 aromatic carbocycles. The number of hydrogen-bond donors (Lipinski definition) is 0. The van der Waals surface area contributed by atoms with Gasteiger partial charge in [-0.05, 0) is 38.0 Å². The minimum absolute atomic E-state index is 0. The Balaban J connectivity index is 0.000000258. The van der Waals surface area contributed by atoms with Gasteiger partial charge in [-0.2, -0.15) is 13.1 Å². The van der Waals surface area contributed by atoms with Crippen LogP contribution in [0.3, 0.4) is 0 Å². The van der Waals surface area contributed by atoms with Gasteiger partial charge < -0.3 is 27.7 Å². The van der Waals surface area contributed by atoms with E-state index >= 15 is 0 Å². The maximum atomic E-state index is 6.02. The second-order valence-electron chi connectivity index (χ2n) is 6.73. The number of hydrogen-bond acceptors (Lipinski definition) is 3. The Bertz CT molecular complexity index is 976. The Morgan fingerprint density at radius 3 is 2.55 bits per heavy atom. The van der Waals surface area contributed by atoms with Crippen LogP contribution in [0.2, 0.25) is 0 Å². The fraction of sp³-hybridized carbons (Fsp3) is 0.200. The Hall–Kier alpha value is -2.29. The first-order valence-electron chi connectivity index (χ1n) is 9.47. The van der Waals surface area contributed by atoms with E-state index in [1.807, 2.05) is 49.2 Å². The summed E-state index contributed by atoms with van der Waals surface area (Å²) in [6, 6.07) is 14.4. The van der Waals surface area contributed by atoms with Crippen molar-refractivity contribution in [1.29, 1.82) is 0 Å². The van der Waals surface area contributed by atoms with E-state index in [4.69, 9.17) is 4.42 Å². The number of furan rings is 1. The number of rotatable bonds is 1. The summed E-state index contributed by atoms with van der Waals surface area (Å²) in [6.07, 6.45) is 18.5. The molecule has 0 atom stereocenters. The molecule has 0 bridgehead atoms. The van der Waals surface area contributed by atoms with Crippen LogP contribution in [0.15, 0.2) is 77.5 Å². The molecule has 3 nitrogen and oxygen atoms in total. The van der Waals surface area contributed by atoms with E-state index in [-0.39, 0.29) is 27.5 Å². The molecular formula is C25H27IrN2O-3. The zero-order valence-corrected chi connectivity index (χ0v) is 19.4. The van der Waals surface area contributed by atoms with Gasteiger partial charge in [0.1, 0.15) is 5.58 Å². The van der Waals surface area contributed by atoms with Crippen LogP contribution in [-0.2, 0) is 20.1 Å². The van der Waals surface area contributed by atoms with Crippen LogP contribution in [0, 0.1) is 20.2 Å². The van der Waals surface area contributed by atoms with E-state index in [2.05, 4.69) is 53.5 Å². The first-order chi connectivity index (χ1) is 13.3. The third-order valence-electron chi connectivity index (χ3n) is 4.67. The van der Waals surface area contributed by atoms with E-state index in [1.54, 1.807) is 0 Å². The number of anilines is 1. The second kappa shape index (κ2) is 11.0. The molecule has 2 heterocycles. The van der Waals surface area contributed by atoms with Crippen molar-refractivity contribution in [2.75, 3.05) is 11.9 Å². The van der Waals surface area contributed by atoms with Crippen molar-refractivity contribution in [2.45, 2.75) is 25.7 Å². The minimum Gasteiger partial charge on any atom is -0.510 e. The number of para-hydroxylation sites is 2. The van der Waals surface area contributed by atoms with E-state index in [1.165, 1.54) is 19.3 Å². The standard InChI is InChI=1S/C16H13N2O.C8H11.CH3.Ir/c1-17-9-10-18(11-17)14-7-4-6-13-12-5-2-3-8-15(12)19-16(13)14;1-2-4-6-8-7-5-3-1;;/h2-11H,1H3;1-2,7H,3-6H2;1H3;/q3*-1;/b;2-1-;;. The number of allylic oxidation sites excluding steroid dienone is 4. The van der Waals surface area contributed by atoms with E-state index < -0.39 is 0 Å². The normalized spacial score (nSPS) is 16.4. The molecule has 155 valence electrons. The zero-order valence-electron chi connectivity index (χ0n) is 17.0. The van der Waals surface area contributed by atoms with Crippen LogP contribution in [0.4, 0.5) is 5.69 Å². The summed E-state index contributed by atoms with van der Waals surface area (Å²) in [4.78, 5) is 4.09. The van der Waals surface area contributed by atoms with Crippen molar-refractivity contribution >= 4 is 27.6 Å². The Kier molecular flexibility index (Phi) is 8.75. The monoisotopic (exact) mass is 564 g/mol. The molecule has 0 N–H and O–H groups in total. The Morgan fingerprint density at radius 1 is 0.931 bits per heavy atom. The number of nitrogens with zero attached hydrogens (tertiary/aromatic N) is 2. The summed E-state index contributed by atoms with van der Waals surface area (Å²) in [5, 5.41) is 2.32. The summed E-state index contributed by atoms with van der Waals surface area (Å²) in [6.45, 7) is 2.03. The molecule has 5 rings (SSSR count). The molecule has 0 fully saturated rings. The van der Waals surface area contributed by atoms with Crippen LogP contribution in [-0.4, -0.2) is 11.9 Å². The van der Waals surface area contributed by atoms with Crippen molar-refractivity contribution in [3.05, 3.63) is 93.3 Å². The molecule has 1 aromatic heterocycles. The van der Waals surface area contributed by atoms with E-state index in [0.29, 0.717) is 0 Å². The molecule has 1 radical (unpaired) electrons. The van der Waals surface area contributed by atoms with Crippen LogP contribution < -0.4 is 4.90 Å². The summed E-state index contributed by atoms with van der Waals surface area (Å²) < 4.78 is 6.02. The van der Waals surface area contributed by atoms with Gasteiger partial charge >= 0.3 is 0 Å². The number of fused-ring (bicyclic) bond motifs is 3. The fourth-order valence-corrected chi connectivity index (χ4v) is 3.31. The van der Waals surface area contributed by atoms with Crippen molar-refractivity contribution in [3.8, 4) is 0 Å². The quantitative estimate of drug-likeness (QED) is 0.239. The van der Waals surface area contributed by atoms with Crippen LogP contribution in [0.5, 0.6) is 0 Å². The topological polar surface area (TPSA) is 19.6 Å². The summed E-state index contributed by atoms with van der Waals surface area (Å²) >= 11 is 0. The fourth-order valence-electron chi connectivity index (χ4n) is 3.31. The van der Waals surface area contributed by atoms with Gasteiger partial charge in [-0.25, -0.2) is 0 Å². The van der Waals surface area contributed by atoms with Crippen molar-refractivity contribution in [3.63, 3.8) is 0 Å². The first kappa shape index (κ1) is 23.0. The van der Waals surface area contributed by atoms with E-state index in [0.717, 1.165) is 34.0 Å². The summed E-state index contributed by atoms with van der Waals surface area (Å²) in [5.41, 5.74) is 2.93. The molecular weight excluding hydrogens is 537 g/mol. The molecule has 2 aliphatic rings. The van der Waals surface area contributed by atoms with Crippen molar-refractivity contribution in [1.82, 2.24) is 4.90 Å². The predicted molar refractivity (Wildman–Crippen MR) is 119 cm³/mol. The summed E-state index contributed by atoms with van der Waals surface area (Å²) in [7, 11) is 2.01. The van der Waals surface area contributed by atoms with Gasteiger partial charge in [0.15, 0.2) is 5.58 Å². The van der Waals surface area contributed by atoms with Crippen LogP contribution >= 0.6 is 0 Å². The molecule has 0 saturated carbocycles. The van der Waals surface area contributed by atoms with Crippen molar-refractivity contribution in [2.24, 2.45) is 0 Å². The molecule has 0 amide bonds. The second-order valence-corrected chi connectivity index (χ2v) is 6.73. The third kappa shape index (κ3) is 5.40.